The van der Waals surface area contributed by atoms with Gasteiger partial charge in [-0.1, -0.05) is 19.1 Å². The minimum atomic E-state index is -0.964. The second-order valence-electron chi connectivity index (χ2n) is 6.22. The molecule has 1 aliphatic rings. The van der Waals surface area contributed by atoms with Crippen molar-refractivity contribution in [2.24, 2.45) is 5.92 Å². The molecule has 1 aromatic rings. The summed E-state index contributed by atoms with van der Waals surface area (Å²) in [5.41, 5.74) is 0.0476. The highest BCUT2D eigenvalue weighted by Gasteiger charge is 2.31. The summed E-state index contributed by atoms with van der Waals surface area (Å²) in [5.74, 6) is -1.27. The van der Waals surface area contributed by atoms with Crippen LogP contribution in [0.25, 0.3) is 0 Å². The van der Waals surface area contributed by atoms with Crippen LogP contribution in [0.3, 0.4) is 0 Å². The third-order valence-electron chi connectivity index (χ3n) is 4.37. The third-order valence-corrected chi connectivity index (χ3v) is 4.37. The topological polar surface area (TPSA) is 26.7 Å². The number of benzene rings is 1. The lowest BCUT2D eigenvalue weighted by Crippen LogP contribution is -2.34. The number of likely N-dealkylation sites (N-methyl/N-ethyl adjacent to an activating group) is 1. The van der Waals surface area contributed by atoms with Crippen LogP contribution in [0.2, 0.25) is 0 Å². The molecule has 3 nitrogen and oxygen atoms in total. The Morgan fingerprint density at radius 2 is 2.05 bits per heavy atom. The van der Waals surface area contributed by atoms with Gasteiger partial charge in [0.1, 0.15) is 0 Å². The summed E-state index contributed by atoms with van der Waals surface area (Å²) >= 11 is 0. The molecule has 1 saturated heterocycles. The van der Waals surface area contributed by atoms with Crippen molar-refractivity contribution in [3.05, 3.63) is 35.4 Å². The van der Waals surface area contributed by atoms with E-state index in [1.807, 2.05) is 0 Å². The average Bonchev–Trinajstić information content (AvgIpc) is 2.80. The lowest BCUT2D eigenvalue weighted by Gasteiger charge is -2.23. The van der Waals surface area contributed by atoms with Crippen LogP contribution in [0.15, 0.2) is 18.2 Å². The maximum Gasteiger partial charge on any atom is 0.164 e. The minimum absolute atomic E-state index is 0.0476. The Hall–Kier alpha value is -1.04. The Morgan fingerprint density at radius 1 is 1.33 bits per heavy atom. The molecule has 1 N–H and O–H groups in total. The van der Waals surface area contributed by atoms with Gasteiger partial charge in [-0.2, -0.15) is 0 Å². The Bertz CT molecular complexity index is 481. The van der Waals surface area contributed by atoms with Gasteiger partial charge in [-0.15, -0.1) is 0 Å². The first kappa shape index (κ1) is 16.3. The Labute approximate surface area is 125 Å². The summed E-state index contributed by atoms with van der Waals surface area (Å²) in [6.45, 7) is 4.83. The molecule has 0 bridgehead atoms. The standard InChI is InChI=1S/C16H24F2N2O/c1-11-9-20(10-14(11)19(2)3)8-7-15(21)12-5-4-6-13(17)16(12)18/h4-6,11,14-15,21H,7-10H2,1-3H3. The molecule has 0 spiro atoms. The minimum Gasteiger partial charge on any atom is -0.388 e. The molecule has 0 radical (unpaired) electrons. The molecule has 1 aliphatic heterocycles. The van der Waals surface area contributed by atoms with Crippen LogP contribution in [0.4, 0.5) is 8.78 Å². The van der Waals surface area contributed by atoms with E-state index in [1.54, 1.807) is 0 Å². The van der Waals surface area contributed by atoms with Crippen molar-refractivity contribution >= 4 is 0 Å². The largest absolute Gasteiger partial charge is 0.388 e. The number of rotatable bonds is 5. The van der Waals surface area contributed by atoms with E-state index >= 15 is 0 Å². The van der Waals surface area contributed by atoms with Crippen molar-refractivity contribution in [3.63, 3.8) is 0 Å². The number of aliphatic hydroxyl groups is 1. The van der Waals surface area contributed by atoms with Crippen LogP contribution >= 0.6 is 0 Å². The summed E-state index contributed by atoms with van der Waals surface area (Å²) in [6.07, 6.45) is -0.554. The monoisotopic (exact) mass is 298 g/mol. The van der Waals surface area contributed by atoms with Gasteiger partial charge in [0.05, 0.1) is 6.10 Å². The zero-order chi connectivity index (χ0) is 15.6. The molecule has 2 rings (SSSR count). The molecule has 5 heteroatoms. The van der Waals surface area contributed by atoms with E-state index in [4.69, 9.17) is 0 Å². The van der Waals surface area contributed by atoms with Crippen molar-refractivity contribution in [3.8, 4) is 0 Å². The van der Waals surface area contributed by atoms with Crippen LogP contribution in [-0.2, 0) is 0 Å². The number of nitrogens with zero attached hydrogens (tertiary/aromatic N) is 2. The molecule has 3 atom stereocenters. The predicted octanol–water partition coefficient (Wildman–Crippen LogP) is 2.27. The van der Waals surface area contributed by atoms with Gasteiger partial charge in [0.25, 0.3) is 0 Å². The van der Waals surface area contributed by atoms with Crippen molar-refractivity contribution in [2.75, 3.05) is 33.7 Å². The highest BCUT2D eigenvalue weighted by molar-refractivity contribution is 5.21. The van der Waals surface area contributed by atoms with Crippen LogP contribution in [-0.4, -0.2) is 54.7 Å². The first-order valence-electron chi connectivity index (χ1n) is 7.41. The van der Waals surface area contributed by atoms with Gasteiger partial charge >= 0.3 is 0 Å². The fourth-order valence-corrected chi connectivity index (χ4v) is 3.14. The maximum absolute atomic E-state index is 13.6. The van der Waals surface area contributed by atoms with Gasteiger partial charge in [-0.25, -0.2) is 8.78 Å². The summed E-state index contributed by atoms with van der Waals surface area (Å²) < 4.78 is 26.8. The SMILES string of the molecule is CC1CN(CCC(O)c2cccc(F)c2F)CC1N(C)C. The summed E-state index contributed by atoms with van der Waals surface area (Å²) in [7, 11) is 4.14. The second-order valence-corrected chi connectivity index (χ2v) is 6.22. The van der Waals surface area contributed by atoms with Crippen LogP contribution in [0.5, 0.6) is 0 Å². The zero-order valence-electron chi connectivity index (χ0n) is 12.9. The van der Waals surface area contributed by atoms with E-state index in [0.29, 0.717) is 24.9 Å². The van der Waals surface area contributed by atoms with E-state index in [1.165, 1.54) is 12.1 Å². The van der Waals surface area contributed by atoms with E-state index in [-0.39, 0.29) is 5.56 Å². The third kappa shape index (κ3) is 3.78. The Kier molecular flexibility index (Phi) is 5.30. The Balaban J connectivity index is 1.90. The molecule has 1 aromatic carbocycles. The lowest BCUT2D eigenvalue weighted by molar-refractivity contribution is 0.142. The molecule has 0 aliphatic carbocycles. The number of hydrogen-bond acceptors (Lipinski definition) is 3. The van der Waals surface area contributed by atoms with Gasteiger partial charge in [-0.3, -0.25) is 0 Å². The highest BCUT2D eigenvalue weighted by atomic mass is 19.2. The molecule has 0 amide bonds. The molecular formula is C16H24F2N2O. The first-order valence-corrected chi connectivity index (χ1v) is 7.41. The fourth-order valence-electron chi connectivity index (χ4n) is 3.14. The van der Waals surface area contributed by atoms with Crippen LogP contribution in [0.1, 0.15) is 25.0 Å². The van der Waals surface area contributed by atoms with Crippen molar-refractivity contribution < 1.29 is 13.9 Å². The quantitative estimate of drug-likeness (QED) is 0.903. The zero-order valence-corrected chi connectivity index (χ0v) is 12.9. The Morgan fingerprint density at radius 3 is 2.67 bits per heavy atom. The normalized spacial score (nSPS) is 24.7. The molecule has 21 heavy (non-hydrogen) atoms. The van der Waals surface area contributed by atoms with E-state index in [2.05, 4.69) is 30.8 Å². The number of hydrogen-bond donors (Lipinski definition) is 1. The van der Waals surface area contributed by atoms with Gasteiger partial charge in [-0.05, 0) is 32.5 Å². The molecule has 1 heterocycles. The van der Waals surface area contributed by atoms with Crippen molar-refractivity contribution in [2.45, 2.75) is 25.5 Å². The molecular weight excluding hydrogens is 274 g/mol. The highest BCUT2D eigenvalue weighted by Crippen LogP contribution is 2.25. The molecule has 3 unspecified atom stereocenters. The first-order chi connectivity index (χ1) is 9.90. The summed E-state index contributed by atoms with van der Waals surface area (Å²) in [4.78, 5) is 4.49. The number of halogens is 2. The summed E-state index contributed by atoms with van der Waals surface area (Å²) in [6, 6.07) is 4.44. The average molecular weight is 298 g/mol. The number of likely N-dealkylation sites (tertiary alicyclic amines) is 1. The van der Waals surface area contributed by atoms with Gasteiger partial charge in [0, 0.05) is 31.2 Å². The van der Waals surface area contributed by atoms with Crippen LogP contribution < -0.4 is 0 Å². The van der Waals surface area contributed by atoms with Crippen LogP contribution in [0, 0.1) is 17.6 Å². The predicted molar refractivity (Wildman–Crippen MR) is 79.0 cm³/mol. The van der Waals surface area contributed by atoms with Gasteiger partial charge < -0.3 is 14.9 Å². The van der Waals surface area contributed by atoms with Gasteiger partial charge in [0.15, 0.2) is 11.6 Å². The van der Waals surface area contributed by atoms with Crippen molar-refractivity contribution in [1.29, 1.82) is 0 Å². The summed E-state index contributed by atoms with van der Waals surface area (Å²) in [5, 5.41) is 10.1. The molecule has 118 valence electrons. The number of aliphatic hydroxyl groups excluding tert-OH is 1. The maximum atomic E-state index is 13.6. The fraction of sp³-hybridized carbons (Fsp3) is 0.625. The van der Waals surface area contributed by atoms with Crippen molar-refractivity contribution in [1.82, 2.24) is 9.80 Å². The molecule has 0 aromatic heterocycles. The van der Waals surface area contributed by atoms with E-state index in [0.717, 1.165) is 19.2 Å². The lowest BCUT2D eigenvalue weighted by atomic mass is 10.1. The molecule has 0 saturated carbocycles. The van der Waals surface area contributed by atoms with E-state index in [9.17, 15) is 13.9 Å². The van der Waals surface area contributed by atoms with Gasteiger partial charge in [0.2, 0.25) is 0 Å². The smallest absolute Gasteiger partial charge is 0.164 e. The van der Waals surface area contributed by atoms with E-state index < -0.39 is 17.7 Å². The second kappa shape index (κ2) is 6.81. The molecule has 1 fully saturated rings.